The number of nitrogens with zero attached hydrogens (tertiary/aromatic N) is 1. The second-order valence-corrected chi connectivity index (χ2v) is 9.07. The number of alkyl halides is 3. The van der Waals surface area contributed by atoms with Crippen molar-refractivity contribution >= 4 is 0 Å². The average molecular weight is 416 g/mol. The second kappa shape index (κ2) is 10.3. The van der Waals surface area contributed by atoms with Crippen LogP contribution in [0.5, 0.6) is 0 Å². The molecule has 30 heavy (non-hydrogen) atoms. The number of rotatable bonds is 6. The zero-order valence-electron chi connectivity index (χ0n) is 17.6. The Morgan fingerprint density at radius 1 is 0.967 bits per heavy atom. The molecule has 1 aromatic rings. The first-order chi connectivity index (χ1) is 14.4. The van der Waals surface area contributed by atoms with E-state index in [2.05, 4.69) is 6.58 Å². The molecule has 0 amide bonds. The Morgan fingerprint density at radius 3 is 2.07 bits per heavy atom. The summed E-state index contributed by atoms with van der Waals surface area (Å²) >= 11 is 0. The lowest BCUT2D eigenvalue weighted by Crippen LogP contribution is -2.22. The molecular weight excluding hydrogens is 383 g/mol. The lowest BCUT2D eigenvalue weighted by molar-refractivity contribution is -0.137. The number of allylic oxidation sites excluding steroid dienone is 3. The van der Waals surface area contributed by atoms with Crippen molar-refractivity contribution in [1.29, 1.82) is 5.26 Å². The largest absolute Gasteiger partial charge is 0.416 e. The Morgan fingerprint density at radius 2 is 1.53 bits per heavy atom. The van der Waals surface area contributed by atoms with E-state index in [9.17, 15) is 13.2 Å². The van der Waals surface area contributed by atoms with Gasteiger partial charge in [0.1, 0.15) is 0 Å². The van der Waals surface area contributed by atoms with E-state index in [1.807, 2.05) is 12.1 Å². The quantitative estimate of drug-likeness (QED) is 0.339. The van der Waals surface area contributed by atoms with Crippen LogP contribution < -0.4 is 0 Å². The summed E-state index contributed by atoms with van der Waals surface area (Å²) in [5, 5.41) is 8.56. The molecule has 0 N–H and O–H groups in total. The van der Waals surface area contributed by atoms with Crippen molar-refractivity contribution in [2.45, 2.75) is 76.3 Å². The van der Waals surface area contributed by atoms with Crippen LogP contribution in [0.25, 0.3) is 0 Å². The van der Waals surface area contributed by atoms with E-state index in [1.54, 1.807) is 18.2 Å². The summed E-state index contributed by atoms with van der Waals surface area (Å²) in [6, 6.07) is 7.81. The maximum atomic E-state index is 12.8. The Bertz CT molecular complexity index is 753. The van der Waals surface area contributed by atoms with Crippen LogP contribution in [0.2, 0.25) is 0 Å². The number of halogens is 3. The Labute approximate surface area is 178 Å². The first kappa shape index (κ1) is 22.7. The highest BCUT2D eigenvalue weighted by molar-refractivity contribution is 5.27. The summed E-state index contributed by atoms with van der Waals surface area (Å²) in [7, 11) is 0. The van der Waals surface area contributed by atoms with Crippen LogP contribution in [-0.4, -0.2) is 0 Å². The van der Waals surface area contributed by atoms with E-state index in [-0.39, 0.29) is 0 Å². The Balaban J connectivity index is 1.43. The van der Waals surface area contributed by atoms with Gasteiger partial charge in [0, 0.05) is 6.08 Å². The molecule has 162 valence electrons. The van der Waals surface area contributed by atoms with Gasteiger partial charge in [-0.25, -0.2) is 0 Å². The fraction of sp³-hybridized carbons (Fsp3) is 0.577. The van der Waals surface area contributed by atoms with E-state index in [4.69, 9.17) is 5.26 Å². The third-order valence-corrected chi connectivity index (χ3v) is 7.27. The van der Waals surface area contributed by atoms with Gasteiger partial charge in [-0.05, 0) is 106 Å². The summed E-state index contributed by atoms with van der Waals surface area (Å²) < 4.78 is 38.3. The maximum Gasteiger partial charge on any atom is 0.416 e. The molecule has 2 aliphatic rings. The van der Waals surface area contributed by atoms with Crippen LogP contribution >= 0.6 is 0 Å². The summed E-state index contributed by atoms with van der Waals surface area (Å²) in [6.07, 6.45) is 10.7. The minimum atomic E-state index is -4.26. The van der Waals surface area contributed by atoms with Crippen molar-refractivity contribution in [3.8, 4) is 6.07 Å². The van der Waals surface area contributed by atoms with Crippen molar-refractivity contribution in [2.24, 2.45) is 17.8 Å². The van der Waals surface area contributed by atoms with Crippen molar-refractivity contribution in [1.82, 2.24) is 0 Å². The average Bonchev–Trinajstić information content (AvgIpc) is 2.76. The smallest absolute Gasteiger partial charge is 0.193 e. The number of hydrogen-bond acceptors (Lipinski definition) is 1. The number of benzene rings is 1. The molecule has 2 saturated carbocycles. The summed E-state index contributed by atoms with van der Waals surface area (Å²) in [5.74, 6) is 2.33. The third-order valence-electron chi connectivity index (χ3n) is 7.27. The van der Waals surface area contributed by atoms with Crippen molar-refractivity contribution in [3.63, 3.8) is 0 Å². The number of nitriles is 1. The van der Waals surface area contributed by atoms with Crippen LogP contribution in [0, 0.1) is 29.1 Å². The number of hydrogen-bond donors (Lipinski definition) is 0. The lowest BCUT2D eigenvalue weighted by atomic mass is 9.69. The molecule has 3 rings (SSSR count). The highest BCUT2D eigenvalue weighted by Gasteiger charge is 2.32. The zero-order chi connectivity index (χ0) is 21.6. The van der Waals surface area contributed by atoms with Gasteiger partial charge in [-0.15, -0.1) is 0 Å². The van der Waals surface area contributed by atoms with Crippen LogP contribution in [0.4, 0.5) is 13.2 Å². The van der Waals surface area contributed by atoms with Gasteiger partial charge in [0.05, 0.1) is 11.6 Å². The molecule has 1 aromatic carbocycles. The topological polar surface area (TPSA) is 23.8 Å². The predicted octanol–water partition coefficient (Wildman–Crippen LogP) is 8.20. The van der Waals surface area contributed by atoms with E-state index in [0.717, 1.165) is 43.6 Å². The van der Waals surface area contributed by atoms with Gasteiger partial charge in [0.25, 0.3) is 0 Å². The maximum absolute atomic E-state index is 12.8. The SMILES string of the molecule is C=C([C@H]1CC[C@H](CC/C=C/C#N)CC1)[C@H]1CC[C@H](c2ccc(C(F)(F)F)cc2)CC1. The fourth-order valence-electron chi connectivity index (χ4n) is 5.37. The zero-order valence-corrected chi connectivity index (χ0v) is 17.6. The van der Waals surface area contributed by atoms with Gasteiger partial charge in [0.15, 0.2) is 0 Å². The molecule has 0 bridgehead atoms. The molecule has 0 unspecified atom stereocenters. The molecule has 0 spiro atoms. The summed E-state index contributed by atoms with van der Waals surface area (Å²) in [4.78, 5) is 0. The molecule has 1 nitrogen and oxygen atoms in total. The van der Waals surface area contributed by atoms with Crippen LogP contribution in [0.3, 0.4) is 0 Å². The van der Waals surface area contributed by atoms with Gasteiger partial charge < -0.3 is 0 Å². The van der Waals surface area contributed by atoms with E-state index in [0.29, 0.717) is 17.8 Å². The standard InChI is InChI=1S/C26H32F3N/c1-19(21-8-6-20(7-9-21)5-3-2-4-18-30)22-10-12-23(13-11-22)24-14-16-25(17-15-24)26(27,28)29/h2,4,14-17,20-23H,1,3,5-13H2/b4-2+/t20-,21-,22-,23-. The second-order valence-electron chi connectivity index (χ2n) is 9.07. The van der Waals surface area contributed by atoms with Gasteiger partial charge in [-0.3, -0.25) is 0 Å². The normalized spacial score (nSPS) is 27.7. The van der Waals surface area contributed by atoms with E-state index >= 15 is 0 Å². The van der Waals surface area contributed by atoms with E-state index in [1.165, 1.54) is 49.8 Å². The molecule has 2 fully saturated rings. The molecule has 0 heterocycles. The van der Waals surface area contributed by atoms with Gasteiger partial charge >= 0.3 is 6.18 Å². The monoisotopic (exact) mass is 415 g/mol. The van der Waals surface area contributed by atoms with Crippen LogP contribution in [-0.2, 0) is 6.18 Å². The molecule has 2 aliphatic carbocycles. The Kier molecular flexibility index (Phi) is 7.81. The minimum absolute atomic E-state index is 0.369. The molecular formula is C26H32F3N. The molecule has 0 atom stereocenters. The van der Waals surface area contributed by atoms with Crippen LogP contribution in [0.1, 0.15) is 81.3 Å². The Hall–Kier alpha value is -2.02. The molecule has 0 saturated heterocycles. The minimum Gasteiger partial charge on any atom is -0.193 e. The molecule has 0 aliphatic heterocycles. The van der Waals surface area contributed by atoms with Gasteiger partial charge in [0.2, 0.25) is 0 Å². The fourth-order valence-corrected chi connectivity index (χ4v) is 5.37. The van der Waals surface area contributed by atoms with Crippen molar-refractivity contribution < 1.29 is 13.2 Å². The molecule has 4 heteroatoms. The van der Waals surface area contributed by atoms with E-state index < -0.39 is 11.7 Å². The van der Waals surface area contributed by atoms with Crippen LogP contribution in [0.15, 0.2) is 48.6 Å². The first-order valence-electron chi connectivity index (χ1n) is 11.3. The summed E-state index contributed by atoms with van der Waals surface area (Å²) in [5.41, 5.74) is 1.90. The lowest BCUT2D eigenvalue weighted by Gasteiger charge is -2.36. The molecule has 0 aromatic heterocycles. The molecule has 0 radical (unpaired) electrons. The predicted molar refractivity (Wildman–Crippen MR) is 115 cm³/mol. The van der Waals surface area contributed by atoms with Crippen molar-refractivity contribution in [2.75, 3.05) is 0 Å². The van der Waals surface area contributed by atoms with Gasteiger partial charge in [-0.1, -0.05) is 30.4 Å². The highest BCUT2D eigenvalue weighted by atomic mass is 19.4. The van der Waals surface area contributed by atoms with Gasteiger partial charge in [-0.2, -0.15) is 18.4 Å². The third kappa shape index (κ3) is 6.00. The van der Waals surface area contributed by atoms with Crippen molar-refractivity contribution in [3.05, 3.63) is 59.7 Å². The highest BCUT2D eigenvalue weighted by Crippen LogP contribution is 2.44. The first-order valence-corrected chi connectivity index (χ1v) is 11.3. The summed E-state index contributed by atoms with van der Waals surface area (Å²) in [6.45, 7) is 4.48.